The van der Waals surface area contributed by atoms with Gasteiger partial charge >= 0.3 is 0 Å². The Balaban J connectivity index is 2.08. The van der Waals surface area contributed by atoms with Crippen LogP contribution >= 0.6 is 23.2 Å². The van der Waals surface area contributed by atoms with Gasteiger partial charge in [0, 0.05) is 18.1 Å². The Kier molecular flexibility index (Phi) is 11.6. The second kappa shape index (κ2) is 14.7. The fourth-order valence-electron chi connectivity index (χ4n) is 4.46. The highest BCUT2D eigenvalue weighted by atomic mass is 35.5. The normalized spacial score (nSPS) is 12.0. The van der Waals surface area contributed by atoms with Gasteiger partial charge in [-0.25, -0.2) is 8.42 Å². The zero-order chi connectivity index (χ0) is 30.2. The molecule has 0 unspecified atom stereocenters. The van der Waals surface area contributed by atoms with Crippen LogP contribution in [0.3, 0.4) is 0 Å². The van der Waals surface area contributed by atoms with Crippen LogP contribution in [0.15, 0.2) is 71.6 Å². The van der Waals surface area contributed by atoms with Gasteiger partial charge in [-0.3, -0.25) is 13.9 Å². The Labute approximate surface area is 253 Å². The van der Waals surface area contributed by atoms with Crippen molar-refractivity contribution in [2.24, 2.45) is 0 Å². The van der Waals surface area contributed by atoms with Gasteiger partial charge < -0.3 is 10.2 Å². The van der Waals surface area contributed by atoms with E-state index in [-0.39, 0.29) is 33.1 Å². The number of anilines is 1. The lowest BCUT2D eigenvalue weighted by atomic mass is 10.1. The molecule has 0 saturated heterocycles. The van der Waals surface area contributed by atoms with Gasteiger partial charge in [0.25, 0.3) is 10.0 Å². The molecule has 2 amide bonds. The molecule has 10 heteroatoms. The second-order valence-corrected chi connectivity index (χ2v) is 12.7. The van der Waals surface area contributed by atoms with E-state index in [1.165, 1.54) is 29.2 Å². The summed E-state index contributed by atoms with van der Waals surface area (Å²) in [5, 5.41) is 3.31. The molecule has 7 nitrogen and oxygen atoms in total. The van der Waals surface area contributed by atoms with E-state index >= 15 is 0 Å². The van der Waals surface area contributed by atoms with Crippen LogP contribution in [-0.2, 0) is 26.2 Å². The van der Waals surface area contributed by atoms with Crippen molar-refractivity contribution >= 4 is 50.7 Å². The topological polar surface area (TPSA) is 86.8 Å². The number of amides is 2. The minimum atomic E-state index is -4.25. The third kappa shape index (κ3) is 8.47. The molecule has 220 valence electrons. The summed E-state index contributed by atoms with van der Waals surface area (Å²) in [6.45, 7) is 7.69. The van der Waals surface area contributed by atoms with Crippen LogP contribution < -0.4 is 9.62 Å². The monoisotopic (exact) mass is 617 g/mol. The molecule has 0 spiro atoms. The maximum atomic E-state index is 14.1. The van der Waals surface area contributed by atoms with E-state index in [1.54, 1.807) is 18.2 Å². The number of nitrogens with one attached hydrogen (secondary N) is 1. The molecule has 0 aliphatic rings. The molecule has 3 aromatic carbocycles. The maximum Gasteiger partial charge on any atom is 0.264 e. The van der Waals surface area contributed by atoms with Crippen LogP contribution in [0.4, 0.5) is 5.69 Å². The Bertz CT molecular complexity index is 1460. The molecule has 0 bridgehead atoms. The Hall–Kier alpha value is -3.07. The Morgan fingerprint density at radius 1 is 0.927 bits per heavy atom. The molecule has 41 heavy (non-hydrogen) atoms. The molecule has 3 rings (SSSR count). The van der Waals surface area contributed by atoms with E-state index < -0.39 is 28.5 Å². The molecule has 0 aliphatic carbocycles. The van der Waals surface area contributed by atoms with Crippen molar-refractivity contribution in [1.29, 1.82) is 0 Å². The summed E-state index contributed by atoms with van der Waals surface area (Å²) in [5.41, 5.74) is 2.79. The second-order valence-electron chi connectivity index (χ2n) is 10.00. The molecule has 1 atom stereocenters. The molecule has 1 N–H and O–H groups in total. The fourth-order valence-corrected chi connectivity index (χ4v) is 6.32. The molecule has 3 aromatic rings. The number of carbonyl (C=O) groups is 2. The number of hydrogen-bond acceptors (Lipinski definition) is 4. The van der Waals surface area contributed by atoms with E-state index in [4.69, 9.17) is 23.2 Å². The third-order valence-electron chi connectivity index (χ3n) is 6.72. The maximum absolute atomic E-state index is 14.1. The number of aryl methyl sites for hydroxylation is 2. The fraction of sp³-hybridized carbons (Fsp3) is 0.355. The number of unbranched alkanes of at least 4 members (excludes halogenated alkanes) is 1. The molecule has 0 aliphatic heterocycles. The lowest BCUT2D eigenvalue weighted by Gasteiger charge is -2.33. The highest BCUT2D eigenvalue weighted by molar-refractivity contribution is 7.92. The van der Waals surface area contributed by atoms with Crippen LogP contribution in [0, 0.1) is 13.8 Å². The minimum Gasteiger partial charge on any atom is -0.354 e. The molecule has 0 saturated carbocycles. The number of rotatable bonds is 13. The Morgan fingerprint density at radius 2 is 1.63 bits per heavy atom. The quantitative estimate of drug-likeness (QED) is 0.221. The van der Waals surface area contributed by atoms with Crippen molar-refractivity contribution in [2.75, 3.05) is 17.4 Å². The zero-order valence-corrected chi connectivity index (χ0v) is 26.2. The first-order valence-electron chi connectivity index (χ1n) is 13.6. The first-order valence-corrected chi connectivity index (χ1v) is 15.8. The number of sulfonamides is 1. The summed E-state index contributed by atoms with van der Waals surface area (Å²) in [7, 11) is -4.25. The van der Waals surface area contributed by atoms with Crippen LogP contribution in [0.5, 0.6) is 0 Å². The van der Waals surface area contributed by atoms with E-state index in [1.807, 2.05) is 52.0 Å². The van der Waals surface area contributed by atoms with Gasteiger partial charge in [-0.05, 0) is 62.6 Å². The number of carbonyl (C=O) groups excluding carboxylic acids is 2. The highest BCUT2D eigenvalue weighted by Gasteiger charge is 2.34. The number of benzene rings is 3. The van der Waals surface area contributed by atoms with Crippen molar-refractivity contribution in [1.82, 2.24) is 10.2 Å². The van der Waals surface area contributed by atoms with Crippen molar-refractivity contribution < 1.29 is 18.0 Å². The first-order chi connectivity index (χ1) is 19.5. The highest BCUT2D eigenvalue weighted by Crippen LogP contribution is 2.33. The molecule has 0 aromatic heterocycles. The van der Waals surface area contributed by atoms with Crippen molar-refractivity contribution in [2.45, 2.75) is 64.4 Å². The van der Waals surface area contributed by atoms with E-state index in [0.29, 0.717) is 13.0 Å². The summed E-state index contributed by atoms with van der Waals surface area (Å²) < 4.78 is 29.0. The summed E-state index contributed by atoms with van der Waals surface area (Å²) >= 11 is 12.7. The Morgan fingerprint density at radius 3 is 2.27 bits per heavy atom. The lowest BCUT2D eigenvalue weighted by molar-refractivity contribution is -0.140. The van der Waals surface area contributed by atoms with Crippen LogP contribution in [0.25, 0.3) is 0 Å². The summed E-state index contributed by atoms with van der Waals surface area (Å²) in [6, 6.07) is 17.6. The predicted octanol–water partition coefficient (Wildman–Crippen LogP) is 6.53. The van der Waals surface area contributed by atoms with Gasteiger partial charge in [0.1, 0.15) is 12.6 Å². The van der Waals surface area contributed by atoms with Gasteiger partial charge in [-0.1, -0.05) is 91.0 Å². The molecule has 0 radical (unpaired) electrons. The van der Waals surface area contributed by atoms with Gasteiger partial charge in [0.2, 0.25) is 11.8 Å². The SMILES string of the molecule is CCCCNC(=O)[C@H](CC)N(Cc1cccc(C)c1)C(=O)CN(c1cc(Cl)ccc1Cl)S(=O)(=O)c1ccc(C)cc1. The summed E-state index contributed by atoms with van der Waals surface area (Å²) in [6.07, 6.45) is 2.07. The summed E-state index contributed by atoms with van der Waals surface area (Å²) in [4.78, 5) is 28.9. The van der Waals surface area contributed by atoms with Gasteiger partial charge in [0.15, 0.2) is 0 Å². The number of hydrogen-bond donors (Lipinski definition) is 1. The van der Waals surface area contributed by atoms with Crippen molar-refractivity contribution in [3.05, 3.63) is 93.5 Å². The largest absolute Gasteiger partial charge is 0.354 e. The van der Waals surface area contributed by atoms with Gasteiger partial charge in [0.05, 0.1) is 15.6 Å². The van der Waals surface area contributed by atoms with Crippen molar-refractivity contribution in [3.8, 4) is 0 Å². The lowest BCUT2D eigenvalue weighted by Crippen LogP contribution is -2.52. The standard InChI is InChI=1S/C31H37Cl2N3O4S/c1-5-7-17-34-31(38)28(6-2)35(20-24-10-8-9-23(4)18-24)30(37)21-36(29-19-25(32)13-16-27(29)33)41(39,40)26-14-11-22(3)12-15-26/h8-16,18-19,28H,5-7,17,20-21H2,1-4H3,(H,34,38)/t28-/m0/s1. The molecule has 0 heterocycles. The minimum absolute atomic E-state index is 0.00141. The average molecular weight is 619 g/mol. The van der Waals surface area contributed by atoms with Gasteiger partial charge in [-0.15, -0.1) is 0 Å². The molecular weight excluding hydrogens is 581 g/mol. The van der Waals surface area contributed by atoms with E-state index in [0.717, 1.165) is 33.8 Å². The smallest absolute Gasteiger partial charge is 0.264 e. The van der Waals surface area contributed by atoms with Gasteiger partial charge in [-0.2, -0.15) is 0 Å². The zero-order valence-electron chi connectivity index (χ0n) is 23.9. The van der Waals surface area contributed by atoms with Crippen LogP contribution in [-0.4, -0.2) is 44.3 Å². The summed E-state index contributed by atoms with van der Waals surface area (Å²) in [5.74, 6) is -0.827. The van der Waals surface area contributed by atoms with E-state index in [2.05, 4.69) is 5.32 Å². The molecule has 0 fully saturated rings. The number of nitrogens with zero attached hydrogens (tertiary/aromatic N) is 2. The predicted molar refractivity (Wildman–Crippen MR) is 166 cm³/mol. The van der Waals surface area contributed by atoms with Crippen molar-refractivity contribution in [3.63, 3.8) is 0 Å². The third-order valence-corrected chi connectivity index (χ3v) is 9.04. The van der Waals surface area contributed by atoms with Crippen LogP contribution in [0.2, 0.25) is 10.0 Å². The van der Waals surface area contributed by atoms with Crippen LogP contribution in [0.1, 0.15) is 49.8 Å². The first kappa shape index (κ1) is 32.4. The number of halogens is 2. The average Bonchev–Trinajstić information content (AvgIpc) is 2.93. The molecular formula is C31H37Cl2N3O4S. The van der Waals surface area contributed by atoms with E-state index in [9.17, 15) is 18.0 Å².